The first-order chi connectivity index (χ1) is 13.5. The minimum atomic E-state index is -1.01. The number of carbonyl (C=O) groups excluding carboxylic acids is 1. The molecule has 146 valence electrons. The highest BCUT2D eigenvalue weighted by molar-refractivity contribution is 9.09. The van der Waals surface area contributed by atoms with Crippen LogP contribution in [0.4, 0.5) is 0 Å². The first-order valence-corrected chi connectivity index (χ1v) is 10.7. The lowest BCUT2D eigenvalue weighted by Crippen LogP contribution is -2.04. The van der Waals surface area contributed by atoms with Crippen molar-refractivity contribution in [2.75, 3.05) is 5.33 Å². The Morgan fingerprint density at radius 3 is 2.36 bits per heavy atom. The number of benzene rings is 2. The normalized spacial score (nSPS) is 11.1. The maximum atomic E-state index is 13.3. The van der Waals surface area contributed by atoms with Crippen LogP contribution < -0.4 is 0 Å². The smallest absolute Gasteiger partial charge is 0.335 e. The molecule has 28 heavy (non-hydrogen) atoms. The van der Waals surface area contributed by atoms with Crippen LogP contribution in [-0.2, 0) is 12.8 Å². The van der Waals surface area contributed by atoms with Crippen molar-refractivity contribution in [1.29, 1.82) is 0 Å². The van der Waals surface area contributed by atoms with Crippen molar-refractivity contribution in [2.45, 2.75) is 39.0 Å². The molecular formula is C23H23BrO4. The first kappa shape index (κ1) is 20.3. The Hall–Kier alpha value is -2.40. The van der Waals surface area contributed by atoms with E-state index in [9.17, 15) is 14.7 Å². The topological polar surface area (TPSA) is 67.5 Å². The Labute approximate surface area is 172 Å². The maximum Gasteiger partial charge on any atom is 0.335 e. The highest BCUT2D eigenvalue weighted by Gasteiger charge is 2.22. The predicted molar refractivity (Wildman–Crippen MR) is 114 cm³/mol. The van der Waals surface area contributed by atoms with E-state index in [4.69, 9.17) is 4.42 Å². The molecule has 0 aliphatic heterocycles. The second kappa shape index (κ2) is 9.20. The molecule has 0 saturated heterocycles. The highest BCUT2D eigenvalue weighted by atomic mass is 79.9. The number of hydrogen-bond acceptors (Lipinski definition) is 3. The summed E-state index contributed by atoms with van der Waals surface area (Å²) in [4.78, 5) is 24.5. The van der Waals surface area contributed by atoms with Crippen molar-refractivity contribution in [1.82, 2.24) is 0 Å². The lowest BCUT2D eigenvalue weighted by Gasteiger charge is -2.05. The third-order valence-electron chi connectivity index (χ3n) is 4.81. The van der Waals surface area contributed by atoms with Crippen LogP contribution in [0.1, 0.15) is 63.8 Å². The number of carboxylic acids is 1. The van der Waals surface area contributed by atoms with Gasteiger partial charge in [0.05, 0.1) is 11.1 Å². The summed E-state index contributed by atoms with van der Waals surface area (Å²) in [5.41, 5.74) is 2.96. The summed E-state index contributed by atoms with van der Waals surface area (Å²) in [5.74, 6) is -0.465. The second-order valence-electron chi connectivity index (χ2n) is 6.84. The Bertz CT molecular complexity index is 986. The van der Waals surface area contributed by atoms with Crippen LogP contribution in [0, 0.1) is 0 Å². The number of unbranched alkanes of at least 4 members (excludes halogenated alkanes) is 1. The van der Waals surface area contributed by atoms with Crippen LogP contribution in [0.5, 0.6) is 0 Å². The van der Waals surface area contributed by atoms with Crippen LogP contribution in [-0.4, -0.2) is 22.2 Å². The van der Waals surface area contributed by atoms with Gasteiger partial charge in [0.15, 0.2) is 5.78 Å². The van der Waals surface area contributed by atoms with E-state index in [-0.39, 0.29) is 11.3 Å². The van der Waals surface area contributed by atoms with Crippen LogP contribution in [0.2, 0.25) is 0 Å². The van der Waals surface area contributed by atoms with Crippen LogP contribution >= 0.6 is 15.9 Å². The van der Waals surface area contributed by atoms with Crippen molar-refractivity contribution < 1.29 is 19.1 Å². The summed E-state index contributed by atoms with van der Waals surface area (Å²) in [6, 6.07) is 12.4. The minimum absolute atomic E-state index is 0.0834. The number of ketones is 1. The summed E-state index contributed by atoms with van der Waals surface area (Å²) in [5, 5.41) is 10.8. The fraction of sp³-hybridized carbons (Fsp3) is 0.304. The molecule has 0 atom stereocenters. The van der Waals surface area contributed by atoms with Gasteiger partial charge in [-0.1, -0.05) is 53.5 Å². The molecule has 0 unspecified atom stereocenters. The van der Waals surface area contributed by atoms with Crippen LogP contribution in [0.3, 0.4) is 0 Å². The van der Waals surface area contributed by atoms with Gasteiger partial charge in [-0.2, -0.15) is 0 Å². The zero-order valence-electron chi connectivity index (χ0n) is 15.8. The highest BCUT2D eigenvalue weighted by Crippen LogP contribution is 2.30. The zero-order chi connectivity index (χ0) is 20.1. The van der Waals surface area contributed by atoms with Gasteiger partial charge < -0.3 is 9.52 Å². The predicted octanol–water partition coefficient (Wildman–Crippen LogP) is 6.03. The molecule has 0 radical (unpaired) electrons. The van der Waals surface area contributed by atoms with E-state index >= 15 is 0 Å². The van der Waals surface area contributed by atoms with E-state index in [1.165, 1.54) is 17.7 Å². The van der Waals surface area contributed by atoms with Gasteiger partial charge in [-0.15, -0.1) is 0 Å². The van der Waals surface area contributed by atoms with Gasteiger partial charge in [-0.05, 0) is 43.0 Å². The van der Waals surface area contributed by atoms with Gasteiger partial charge in [-0.3, -0.25) is 4.79 Å². The quantitative estimate of drug-likeness (QED) is 0.324. The van der Waals surface area contributed by atoms with Crippen molar-refractivity contribution in [3.05, 3.63) is 70.5 Å². The zero-order valence-corrected chi connectivity index (χ0v) is 17.4. The molecule has 4 nitrogen and oxygen atoms in total. The summed E-state index contributed by atoms with van der Waals surface area (Å²) >= 11 is 3.43. The number of rotatable bonds is 9. The van der Waals surface area contributed by atoms with Gasteiger partial charge >= 0.3 is 5.97 Å². The number of carboxylic acid groups (broad SMARTS) is 1. The third kappa shape index (κ3) is 4.36. The average molecular weight is 443 g/mol. The molecule has 0 bridgehead atoms. The van der Waals surface area contributed by atoms with E-state index in [0.717, 1.165) is 31.0 Å². The average Bonchev–Trinajstić information content (AvgIpc) is 3.07. The standard InChI is InChI=1S/C23H23BrO4/c1-2-3-6-19-21(18-12-11-17(23(26)27)14-20(18)28-19)22(25)16-9-7-15(8-10-16)5-4-13-24/h7-12,14H,2-6,13H2,1H3,(H,26,27). The van der Waals surface area contributed by atoms with Gasteiger partial charge in [0.25, 0.3) is 0 Å². The molecule has 3 aromatic rings. The molecule has 5 heteroatoms. The summed E-state index contributed by atoms with van der Waals surface area (Å²) in [6.45, 7) is 2.08. The number of halogens is 1. The molecule has 0 aliphatic carbocycles. The molecule has 0 amide bonds. The number of aryl methyl sites for hydroxylation is 2. The molecule has 1 heterocycles. The number of hydrogen-bond donors (Lipinski definition) is 1. The number of alkyl halides is 1. The molecule has 1 N–H and O–H groups in total. The second-order valence-corrected chi connectivity index (χ2v) is 7.63. The molecule has 0 saturated carbocycles. The largest absolute Gasteiger partial charge is 0.478 e. The van der Waals surface area contributed by atoms with Crippen molar-refractivity contribution >= 4 is 38.7 Å². The summed E-state index contributed by atoms with van der Waals surface area (Å²) in [6.07, 6.45) is 4.55. The Balaban J connectivity index is 2.01. The lowest BCUT2D eigenvalue weighted by molar-refractivity contribution is 0.0696. The molecule has 3 rings (SSSR count). The fourth-order valence-electron chi connectivity index (χ4n) is 3.28. The summed E-state index contributed by atoms with van der Waals surface area (Å²) < 4.78 is 5.92. The third-order valence-corrected chi connectivity index (χ3v) is 5.37. The lowest BCUT2D eigenvalue weighted by atomic mass is 9.96. The maximum absolute atomic E-state index is 13.3. The molecule has 0 fully saturated rings. The first-order valence-electron chi connectivity index (χ1n) is 9.53. The molecule has 0 aliphatic rings. The van der Waals surface area contributed by atoms with Crippen molar-refractivity contribution in [3.63, 3.8) is 0 Å². The van der Waals surface area contributed by atoms with E-state index < -0.39 is 5.97 Å². The van der Waals surface area contributed by atoms with E-state index in [0.29, 0.717) is 34.3 Å². The molecule has 0 spiro atoms. The molecule has 1 aromatic heterocycles. The number of furan rings is 1. The Morgan fingerprint density at radius 1 is 1.00 bits per heavy atom. The SMILES string of the molecule is CCCCc1oc2cc(C(=O)O)ccc2c1C(=O)c1ccc(CCCBr)cc1. The fourth-order valence-corrected chi connectivity index (χ4v) is 3.56. The number of carbonyl (C=O) groups is 2. The minimum Gasteiger partial charge on any atom is -0.478 e. The number of fused-ring (bicyclic) bond motifs is 1. The number of aromatic carboxylic acids is 1. The van der Waals surface area contributed by atoms with Gasteiger partial charge in [0.2, 0.25) is 0 Å². The molecule has 2 aromatic carbocycles. The van der Waals surface area contributed by atoms with Gasteiger partial charge in [-0.25, -0.2) is 4.79 Å². The Kier molecular flexibility index (Phi) is 6.68. The molecular weight excluding hydrogens is 420 g/mol. The van der Waals surface area contributed by atoms with Gasteiger partial charge in [0.1, 0.15) is 11.3 Å². The monoisotopic (exact) mass is 442 g/mol. The van der Waals surface area contributed by atoms with E-state index in [1.54, 1.807) is 6.07 Å². The van der Waals surface area contributed by atoms with Gasteiger partial charge in [0, 0.05) is 22.7 Å². The van der Waals surface area contributed by atoms with Crippen LogP contribution in [0.15, 0.2) is 46.9 Å². The van der Waals surface area contributed by atoms with Crippen LogP contribution in [0.25, 0.3) is 11.0 Å². The van der Waals surface area contributed by atoms with E-state index in [1.807, 2.05) is 24.3 Å². The summed E-state index contributed by atoms with van der Waals surface area (Å²) in [7, 11) is 0. The van der Waals surface area contributed by atoms with Crippen molar-refractivity contribution in [3.8, 4) is 0 Å². The Morgan fingerprint density at radius 2 is 1.71 bits per heavy atom. The van der Waals surface area contributed by atoms with Crippen molar-refractivity contribution in [2.24, 2.45) is 0 Å². The van der Waals surface area contributed by atoms with E-state index in [2.05, 4.69) is 22.9 Å².